The van der Waals surface area contributed by atoms with Gasteiger partial charge in [-0.3, -0.25) is 9.59 Å². The van der Waals surface area contributed by atoms with Crippen molar-refractivity contribution in [1.82, 2.24) is 0 Å². The van der Waals surface area contributed by atoms with Crippen molar-refractivity contribution >= 4 is 33.0 Å². The second kappa shape index (κ2) is 6.79. The molecule has 0 aromatic heterocycles. The number of rotatable bonds is 4. The van der Waals surface area contributed by atoms with Crippen LogP contribution in [0.3, 0.4) is 0 Å². The number of sulfone groups is 1. The Kier molecular flexibility index (Phi) is 4.99. The zero-order valence-electron chi connectivity index (χ0n) is 13.0. The zero-order chi connectivity index (χ0) is 17.9. The number of anilines is 2. The number of amides is 2. The second-order valence-electron chi connectivity index (χ2n) is 5.13. The number of hydrogen-bond acceptors (Lipinski definition) is 4. The first-order valence-electron chi connectivity index (χ1n) is 6.85. The molecule has 0 atom stereocenters. The van der Waals surface area contributed by atoms with Crippen molar-refractivity contribution in [2.75, 3.05) is 16.9 Å². The predicted octanol–water partition coefficient (Wildman–Crippen LogP) is 2.44. The summed E-state index contributed by atoms with van der Waals surface area (Å²) in [7, 11) is -3.52. The predicted molar refractivity (Wildman–Crippen MR) is 88.2 cm³/mol. The zero-order valence-corrected chi connectivity index (χ0v) is 13.8. The van der Waals surface area contributed by atoms with Crippen LogP contribution in [0.4, 0.5) is 15.8 Å². The molecule has 2 N–H and O–H groups in total. The number of halogens is 1. The molecule has 0 heterocycles. The largest absolute Gasteiger partial charge is 0.326 e. The summed E-state index contributed by atoms with van der Waals surface area (Å²) in [6, 6.07) is 9.14. The van der Waals surface area contributed by atoms with Crippen LogP contribution < -0.4 is 10.6 Å². The molecular formula is C16H15FN2O4S. The van der Waals surface area contributed by atoms with E-state index in [0.717, 1.165) is 24.5 Å². The van der Waals surface area contributed by atoms with E-state index in [0.29, 0.717) is 5.69 Å². The molecule has 0 aliphatic carbocycles. The Morgan fingerprint density at radius 2 is 1.62 bits per heavy atom. The second-order valence-corrected chi connectivity index (χ2v) is 7.14. The van der Waals surface area contributed by atoms with Crippen molar-refractivity contribution in [2.45, 2.75) is 11.8 Å². The molecule has 0 saturated heterocycles. The first-order valence-corrected chi connectivity index (χ1v) is 8.74. The van der Waals surface area contributed by atoms with Gasteiger partial charge in [-0.25, -0.2) is 12.8 Å². The van der Waals surface area contributed by atoms with Crippen molar-refractivity contribution in [2.24, 2.45) is 0 Å². The van der Waals surface area contributed by atoms with E-state index in [2.05, 4.69) is 10.6 Å². The van der Waals surface area contributed by atoms with Crippen LogP contribution in [-0.2, 0) is 14.6 Å². The Hall–Kier alpha value is -2.74. The monoisotopic (exact) mass is 350 g/mol. The summed E-state index contributed by atoms with van der Waals surface area (Å²) in [5.41, 5.74) is 0.520. The molecule has 0 saturated carbocycles. The van der Waals surface area contributed by atoms with Gasteiger partial charge in [0, 0.05) is 24.4 Å². The van der Waals surface area contributed by atoms with Crippen molar-refractivity contribution in [3.05, 3.63) is 53.8 Å². The molecule has 0 bridgehead atoms. The molecule has 2 rings (SSSR count). The summed E-state index contributed by atoms with van der Waals surface area (Å²) in [4.78, 5) is 23.0. The standard InChI is InChI=1S/C16H15FN2O4S/c1-10(20)18-12-5-3-11(4-6-12)16(21)19-15-9-13(24(2,22)23)7-8-14(15)17/h3-9H,1-2H3,(H,18,20)(H,19,21). The molecular weight excluding hydrogens is 335 g/mol. The third-order valence-electron chi connectivity index (χ3n) is 3.08. The van der Waals surface area contributed by atoms with E-state index in [1.54, 1.807) is 0 Å². The van der Waals surface area contributed by atoms with Crippen LogP contribution in [0.5, 0.6) is 0 Å². The van der Waals surface area contributed by atoms with Gasteiger partial charge in [-0.2, -0.15) is 0 Å². The van der Waals surface area contributed by atoms with Crippen molar-refractivity contribution in [1.29, 1.82) is 0 Å². The van der Waals surface area contributed by atoms with Gasteiger partial charge in [0.1, 0.15) is 5.82 Å². The van der Waals surface area contributed by atoms with Gasteiger partial charge in [0.15, 0.2) is 9.84 Å². The first-order chi connectivity index (χ1) is 11.2. The van der Waals surface area contributed by atoms with E-state index in [1.807, 2.05) is 0 Å². The molecule has 0 spiro atoms. The molecule has 6 nitrogen and oxygen atoms in total. The lowest BCUT2D eigenvalue weighted by Gasteiger charge is -2.09. The van der Waals surface area contributed by atoms with Crippen molar-refractivity contribution < 1.29 is 22.4 Å². The Balaban J connectivity index is 2.22. The van der Waals surface area contributed by atoms with Gasteiger partial charge in [-0.15, -0.1) is 0 Å². The van der Waals surface area contributed by atoms with Gasteiger partial charge >= 0.3 is 0 Å². The lowest BCUT2D eigenvalue weighted by Crippen LogP contribution is -2.14. The molecule has 0 unspecified atom stereocenters. The molecule has 24 heavy (non-hydrogen) atoms. The van der Waals surface area contributed by atoms with Gasteiger partial charge in [0.05, 0.1) is 10.6 Å². The summed E-state index contributed by atoms with van der Waals surface area (Å²) >= 11 is 0. The van der Waals surface area contributed by atoms with Gasteiger partial charge in [-0.05, 0) is 42.5 Å². The fourth-order valence-electron chi connectivity index (χ4n) is 1.93. The van der Waals surface area contributed by atoms with E-state index in [1.165, 1.54) is 31.2 Å². The quantitative estimate of drug-likeness (QED) is 0.829. The van der Waals surface area contributed by atoms with Crippen molar-refractivity contribution in [3.8, 4) is 0 Å². The van der Waals surface area contributed by atoms with Gasteiger partial charge in [0.2, 0.25) is 5.91 Å². The van der Waals surface area contributed by atoms with Crippen LogP contribution in [0.25, 0.3) is 0 Å². The Morgan fingerprint density at radius 3 is 2.17 bits per heavy atom. The van der Waals surface area contributed by atoms with Crippen molar-refractivity contribution in [3.63, 3.8) is 0 Å². The van der Waals surface area contributed by atoms with E-state index in [-0.39, 0.29) is 22.1 Å². The molecule has 8 heteroatoms. The molecule has 0 aliphatic rings. The molecule has 2 amide bonds. The lowest BCUT2D eigenvalue weighted by atomic mass is 10.2. The minimum absolute atomic E-state index is 0.0970. The minimum Gasteiger partial charge on any atom is -0.326 e. The third kappa shape index (κ3) is 4.39. The normalized spacial score (nSPS) is 11.0. The lowest BCUT2D eigenvalue weighted by molar-refractivity contribution is -0.114. The van der Waals surface area contributed by atoms with Crippen LogP contribution in [0.1, 0.15) is 17.3 Å². The van der Waals surface area contributed by atoms with E-state index < -0.39 is 21.6 Å². The topological polar surface area (TPSA) is 92.3 Å². The highest BCUT2D eigenvalue weighted by molar-refractivity contribution is 7.90. The SMILES string of the molecule is CC(=O)Nc1ccc(C(=O)Nc2cc(S(C)(=O)=O)ccc2F)cc1. The van der Waals surface area contributed by atoms with Gasteiger partial charge in [-0.1, -0.05) is 0 Å². The maximum Gasteiger partial charge on any atom is 0.255 e. The van der Waals surface area contributed by atoms with Crippen LogP contribution in [0, 0.1) is 5.82 Å². The molecule has 0 radical (unpaired) electrons. The van der Waals surface area contributed by atoms with Crippen LogP contribution in [0.2, 0.25) is 0 Å². The smallest absolute Gasteiger partial charge is 0.255 e. The summed E-state index contributed by atoms with van der Waals surface area (Å²) in [5.74, 6) is -1.59. The number of carbonyl (C=O) groups excluding carboxylic acids is 2. The molecule has 2 aromatic carbocycles. The average Bonchev–Trinajstić information content (AvgIpc) is 2.48. The molecule has 0 aliphatic heterocycles. The first kappa shape index (κ1) is 17.6. The fraction of sp³-hybridized carbons (Fsp3) is 0.125. The minimum atomic E-state index is -3.52. The van der Waals surface area contributed by atoms with Gasteiger partial charge < -0.3 is 10.6 Å². The number of carbonyl (C=O) groups is 2. The molecule has 2 aromatic rings. The summed E-state index contributed by atoms with van der Waals surface area (Å²) in [6.45, 7) is 1.36. The van der Waals surface area contributed by atoms with E-state index in [4.69, 9.17) is 0 Å². The Morgan fingerprint density at radius 1 is 1.00 bits per heavy atom. The van der Waals surface area contributed by atoms with Crippen LogP contribution in [-0.4, -0.2) is 26.5 Å². The summed E-state index contributed by atoms with van der Waals surface area (Å²) in [6.07, 6.45) is 0.993. The summed E-state index contributed by atoms with van der Waals surface area (Å²) < 4.78 is 36.8. The highest BCUT2D eigenvalue weighted by Crippen LogP contribution is 2.20. The van der Waals surface area contributed by atoms with E-state index in [9.17, 15) is 22.4 Å². The maximum absolute atomic E-state index is 13.8. The highest BCUT2D eigenvalue weighted by atomic mass is 32.2. The molecule has 0 fully saturated rings. The third-order valence-corrected chi connectivity index (χ3v) is 4.19. The molecule has 126 valence electrons. The fourth-order valence-corrected chi connectivity index (χ4v) is 2.58. The Bertz CT molecular complexity index is 893. The number of nitrogens with one attached hydrogen (secondary N) is 2. The van der Waals surface area contributed by atoms with Crippen LogP contribution >= 0.6 is 0 Å². The van der Waals surface area contributed by atoms with Crippen LogP contribution in [0.15, 0.2) is 47.4 Å². The number of benzene rings is 2. The average molecular weight is 350 g/mol. The maximum atomic E-state index is 13.8. The summed E-state index contributed by atoms with van der Waals surface area (Å²) in [5, 5.41) is 4.89. The number of hydrogen-bond donors (Lipinski definition) is 2. The van der Waals surface area contributed by atoms with Gasteiger partial charge in [0.25, 0.3) is 5.91 Å². The highest BCUT2D eigenvalue weighted by Gasteiger charge is 2.14. The van der Waals surface area contributed by atoms with E-state index >= 15 is 0 Å². The Labute approximate surface area is 138 Å².